The summed E-state index contributed by atoms with van der Waals surface area (Å²) < 4.78 is 5.92. The van der Waals surface area contributed by atoms with Crippen molar-refractivity contribution in [2.75, 3.05) is 0 Å². The molecule has 1 fully saturated rings. The van der Waals surface area contributed by atoms with Gasteiger partial charge >= 0.3 is 12.1 Å². The zero-order valence-electron chi connectivity index (χ0n) is 17.0. The van der Waals surface area contributed by atoms with Crippen molar-refractivity contribution < 1.29 is 19.4 Å². The zero-order chi connectivity index (χ0) is 21.2. The van der Waals surface area contributed by atoms with E-state index in [1.807, 2.05) is 81.4 Å². The van der Waals surface area contributed by atoms with Gasteiger partial charge in [-0.15, -0.1) is 6.58 Å². The molecule has 3 rings (SSSR count). The van der Waals surface area contributed by atoms with Crippen molar-refractivity contribution in [2.24, 2.45) is 11.3 Å². The largest absolute Gasteiger partial charge is 0.465 e. The Labute approximate surface area is 171 Å². The number of carbonyl (C=O) groups excluding carboxylic acids is 1. The van der Waals surface area contributed by atoms with E-state index in [1.165, 1.54) is 4.90 Å². The molecule has 5 nitrogen and oxygen atoms in total. The van der Waals surface area contributed by atoms with E-state index in [0.717, 1.165) is 11.1 Å². The second kappa shape index (κ2) is 8.11. The highest BCUT2D eigenvalue weighted by molar-refractivity contribution is 5.83. The number of benzene rings is 2. The van der Waals surface area contributed by atoms with Crippen molar-refractivity contribution in [3.63, 3.8) is 0 Å². The lowest BCUT2D eigenvalue weighted by Crippen LogP contribution is -2.58. The van der Waals surface area contributed by atoms with E-state index in [-0.39, 0.29) is 5.41 Å². The van der Waals surface area contributed by atoms with Crippen LogP contribution in [0, 0.1) is 11.3 Å². The third-order valence-corrected chi connectivity index (χ3v) is 5.45. The molecule has 0 radical (unpaired) electrons. The fraction of sp³-hybridized carbons (Fsp3) is 0.333. The number of morpholine rings is 1. The number of carbonyl (C=O) groups is 2. The number of rotatable bonds is 4. The number of cyclic esters (lactones) is 1. The third kappa shape index (κ3) is 4.04. The maximum atomic E-state index is 13.1. The van der Waals surface area contributed by atoms with E-state index in [0.29, 0.717) is 0 Å². The predicted molar refractivity (Wildman–Crippen MR) is 111 cm³/mol. The van der Waals surface area contributed by atoms with Gasteiger partial charge in [0.15, 0.2) is 6.10 Å². The summed E-state index contributed by atoms with van der Waals surface area (Å²) in [5.74, 6) is -0.956. The minimum Gasteiger partial charge on any atom is -0.465 e. The molecule has 4 atom stereocenters. The Morgan fingerprint density at radius 2 is 1.59 bits per heavy atom. The summed E-state index contributed by atoms with van der Waals surface area (Å²) in [6.07, 6.45) is -0.228. The van der Waals surface area contributed by atoms with Crippen molar-refractivity contribution >= 4 is 12.1 Å². The summed E-state index contributed by atoms with van der Waals surface area (Å²) in [5.41, 5.74) is 1.16. The summed E-state index contributed by atoms with van der Waals surface area (Å²) >= 11 is 0. The van der Waals surface area contributed by atoms with Gasteiger partial charge in [-0.1, -0.05) is 87.5 Å². The van der Waals surface area contributed by atoms with E-state index in [9.17, 15) is 14.7 Å². The number of esters is 1. The molecule has 1 aliphatic rings. The van der Waals surface area contributed by atoms with Gasteiger partial charge in [0.2, 0.25) is 0 Å². The summed E-state index contributed by atoms with van der Waals surface area (Å²) in [4.78, 5) is 26.9. The van der Waals surface area contributed by atoms with Crippen molar-refractivity contribution in [2.45, 2.75) is 39.0 Å². The molecule has 1 unspecified atom stereocenters. The molecule has 1 saturated heterocycles. The molecule has 0 aromatic heterocycles. The van der Waals surface area contributed by atoms with E-state index in [4.69, 9.17) is 4.74 Å². The minimum absolute atomic E-state index is 0.375. The first-order valence-corrected chi connectivity index (χ1v) is 9.70. The van der Waals surface area contributed by atoms with Gasteiger partial charge in [0, 0.05) is 5.92 Å². The molecular formula is C24H27NO4. The van der Waals surface area contributed by atoms with Gasteiger partial charge in [-0.2, -0.15) is 0 Å². The van der Waals surface area contributed by atoms with Gasteiger partial charge in [0.05, 0.1) is 0 Å². The van der Waals surface area contributed by atoms with Gasteiger partial charge in [0.1, 0.15) is 12.1 Å². The van der Waals surface area contributed by atoms with Gasteiger partial charge < -0.3 is 9.84 Å². The first kappa shape index (κ1) is 20.6. The molecule has 2 aromatic rings. The van der Waals surface area contributed by atoms with E-state index in [2.05, 4.69) is 6.58 Å². The molecule has 1 heterocycles. The van der Waals surface area contributed by atoms with Crippen LogP contribution in [0.2, 0.25) is 0 Å². The fourth-order valence-corrected chi connectivity index (χ4v) is 4.08. The highest BCUT2D eigenvalue weighted by atomic mass is 16.6. The second-order valence-electron chi connectivity index (χ2n) is 8.39. The minimum atomic E-state index is -1.16. The summed E-state index contributed by atoms with van der Waals surface area (Å²) in [5, 5.41) is 10.2. The Morgan fingerprint density at radius 1 is 1.07 bits per heavy atom. The number of hydrogen-bond donors (Lipinski definition) is 1. The monoisotopic (exact) mass is 393 g/mol. The highest BCUT2D eigenvalue weighted by Crippen LogP contribution is 2.46. The van der Waals surface area contributed by atoms with E-state index in [1.54, 1.807) is 6.08 Å². The molecule has 1 aliphatic heterocycles. The Kier molecular flexibility index (Phi) is 5.78. The van der Waals surface area contributed by atoms with Crippen molar-refractivity contribution in [3.05, 3.63) is 84.4 Å². The Morgan fingerprint density at radius 3 is 2.03 bits per heavy atom. The molecule has 5 heteroatoms. The van der Waals surface area contributed by atoms with Gasteiger partial charge in [-0.25, -0.2) is 9.59 Å². The van der Waals surface area contributed by atoms with Crippen LogP contribution in [0.4, 0.5) is 4.79 Å². The molecule has 1 N–H and O–H groups in total. The van der Waals surface area contributed by atoms with Crippen molar-refractivity contribution in [3.8, 4) is 0 Å². The molecule has 0 spiro atoms. The fourth-order valence-electron chi connectivity index (χ4n) is 4.08. The average Bonchev–Trinajstić information content (AvgIpc) is 2.69. The number of amides is 1. The Bertz CT molecular complexity index is 873. The molecule has 0 aliphatic carbocycles. The number of hydrogen-bond acceptors (Lipinski definition) is 3. The number of ether oxygens (including phenoxy) is 1. The van der Waals surface area contributed by atoms with Crippen LogP contribution >= 0.6 is 0 Å². The van der Waals surface area contributed by atoms with Crippen molar-refractivity contribution in [1.82, 2.24) is 4.90 Å². The third-order valence-electron chi connectivity index (χ3n) is 5.45. The molecule has 2 aromatic carbocycles. The van der Waals surface area contributed by atoms with Gasteiger partial charge in [0.25, 0.3) is 0 Å². The van der Waals surface area contributed by atoms with Crippen LogP contribution < -0.4 is 0 Å². The zero-order valence-corrected chi connectivity index (χ0v) is 17.0. The lowest BCUT2D eigenvalue weighted by Gasteiger charge is -2.48. The second-order valence-corrected chi connectivity index (χ2v) is 8.39. The van der Waals surface area contributed by atoms with Crippen LogP contribution in [0.25, 0.3) is 0 Å². The number of carboxylic acid groups (broad SMARTS) is 1. The Balaban J connectivity index is 2.18. The van der Waals surface area contributed by atoms with Gasteiger partial charge in [-0.3, -0.25) is 4.90 Å². The number of nitrogens with zero attached hydrogens (tertiary/aromatic N) is 1. The van der Waals surface area contributed by atoms with Crippen LogP contribution in [0.15, 0.2) is 73.3 Å². The lowest BCUT2D eigenvalue weighted by atomic mass is 9.74. The summed E-state index contributed by atoms with van der Waals surface area (Å²) in [6, 6.07) is 17.0. The summed E-state index contributed by atoms with van der Waals surface area (Å²) in [6.45, 7) is 9.78. The van der Waals surface area contributed by atoms with E-state index >= 15 is 0 Å². The lowest BCUT2D eigenvalue weighted by molar-refractivity contribution is -0.177. The average molecular weight is 393 g/mol. The topological polar surface area (TPSA) is 66.8 Å². The quantitative estimate of drug-likeness (QED) is 0.571. The van der Waals surface area contributed by atoms with Gasteiger partial charge in [-0.05, 0) is 16.5 Å². The molecule has 29 heavy (non-hydrogen) atoms. The van der Waals surface area contributed by atoms with Crippen LogP contribution in [-0.2, 0) is 9.53 Å². The van der Waals surface area contributed by atoms with Crippen LogP contribution in [-0.4, -0.2) is 28.1 Å². The Hall–Kier alpha value is -3.08. The van der Waals surface area contributed by atoms with Crippen molar-refractivity contribution in [1.29, 1.82) is 0 Å². The molecule has 0 saturated carbocycles. The normalized spacial score (nSPS) is 23.2. The molecular weight excluding hydrogens is 366 g/mol. The predicted octanol–water partition coefficient (Wildman–Crippen LogP) is 5.22. The van der Waals surface area contributed by atoms with Crippen LogP contribution in [0.1, 0.15) is 44.0 Å². The molecule has 1 amide bonds. The maximum Gasteiger partial charge on any atom is 0.408 e. The van der Waals surface area contributed by atoms with Crippen LogP contribution in [0.3, 0.4) is 0 Å². The maximum absolute atomic E-state index is 13.1. The first-order chi connectivity index (χ1) is 13.8. The highest BCUT2D eigenvalue weighted by Gasteiger charge is 2.52. The smallest absolute Gasteiger partial charge is 0.408 e. The standard InChI is InChI=1S/C24H27NO4/c1-5-18(24(2,3)4)20-22(26)29-21(17-14-10-7-11-15-17)19(25(20)23(27)28)16-12-8-6-9-13-16/h5-15,18-21H,1H2,2-4H3,(H,27,28)/t18?,19-,20-,21+/m0/s1. The molecule has 152 valence electrons. The van der Waals surface area contributed by atoms with E-state index < -0.39 is 36.2 Å². The van der Waals surface area contributed by atoms with Crippen LogP contribution in [0.5, 0.6) is 0 Å². The first-order valence-electron chi connectivity index (χ1n) is 9.70. The molecule has 0 bridgehead atoms. The summed E-state index contributed by atoms with van der Waals surface area (Å²) in [7, 11) is 0. The SMILES string of the molecule is C=CC([C@H]1C(=O)O[C@H](c2ccccc2)[C@H](c2ccccc2)N1C(=O)O)C(C)(C)C.